The van der Waals surface area contributed by atoms with E-state index in [4.69, 9.17) is 10.2 Å². The van der Waals surface area contributed by atoms with Crippen molar-refractivity contribution in [2.75, 3.05) is 14.1 Å². The molecule has 4 N–H and O–H groups in total. The van der Waals surface area contributed by atoms with Crippen LogP contribution < -0.4 is 10.6 Å². The van der Waals surface area contributed by atoms with Crippen LogP contribution in [0.3, 0.4) is 0 Å². The molecular weight excluding hydrogens is 287 g/mol. The van der Waals surface area contributed by atoms with Gasteiger partial charge in [-0.05, 0) is 53.6 Å². The number of rotatable bonds is 8. The zero-order chi connectivity index (χ0) is 14.6. The second-order valence-corrected chi connectivity index (χ2v) is 4.96. The Morgan fingerprint density at radius 2 is 1.05 bits per heavy atom. The maximum absolute atomic E-state index is 8.94. The Bertz CT molecular complexity index is 144. The van der Waals surface area contributed by atoms with Gasteiger partial charge in [0.15, 0.2) is 0 Å². The van der Waals surface area contributed by atoms with Crippen LogP contribution in [0.25, 0.3) is 0 Å². The fourth-order valence-corrected chi connectivity index (χ4v) is 1.80. The van der Waals surface area contributed by atoms with E-state index in [1.54, 1.807) is 0 Å². The summed E-state index contributed by atoms with van der Waals surface area (Å²) in [5.41, 5.74) is 0. The summed E-state index contributed by atoms with van der Waals surface area (Å²) in [5.74, 6) is 0. The quantitative estimate of drug-likeness (QED) is 0.512. The molecule has 0 radical (unpaired) electrons. The minimum Gasteiger partial charge on any atom is -0.393 e. The molecule has 0 bridgehead atoms. The van der Waals surface area contributed by atoms with Crippen molar-refractivity contribution in [2.24, 2.45) is 0 Å². The van der Waals surface area contributed by atoms with Crippen molar-refractivity contribution >= 4 is 0 Å². The predicted molar refractivity (Wildman–Crippen MR) is 78.9 cm³/mol. The van der Waals surface area contributed by atoms with Gasteiger partial charge in [-0.25, -0.2) is 0 Å². The first-order valence-electron chi connectivity index (χ1n) is 7.11. The average molecular weight is 321 g/mol. The maximum Gasteiger partial charge on any atom is 0.0526 e. The summed E-state index contributed by atoms with van der Waals surface area (Å²) in [6.45, 7) is 7.87. The van der Waals surface area contributed by atoms with Crippen molar-refractivity contribution in [3.05, 3.63) is 0 Å². The van der Waals surface area contributed by atoms with E-state index in [1.165, 1.54) is 0 Å². The van der Waals surface area contributed by atoms with Gasteiger partial charge in [0, 0.05) is 28.6 Å². The molecule has 0 saturated carbocycles. The van der Waals surface area contributed by atoms with Gasteiger partial charge < -0.3 is 20.8 Å². The molecule has 0 fully saturated rings. The normalized spacial score (nSPS) is 16.4. The Morgan fingerprint density at radius 1 is 0.789 bits per heavy atom. The molecule has 122 valence electrons. The summed E-state index contributed by atoms with van der Waals surface area (Å²) in [5, 5.41) is 24.1. The molecule has 19 heavy (non-hydrogen) atoms. The molecule has 4 atom stereocenters. The molecule has 0 amide bonds. The number of hydrogen-bond acceptors (Lipinski definition) is 4. The van der Waals surface area contributed by atoms with Crippen LogP contribution in [0.4, 0.5) is 0 Å². The molecule has 0 aromatic carbocycles. The molecule has 0 aliphatic rings. The summed E-state index contributed by atoms with van der Waals surface area (Å²) < 4.78 is 0. The van der Waals surface area contributed by atoms with Crippen molar-refractivity contribution < 1.29 is 26.7 Å². The molecule has 0 aromatic rings. The standard InChI is InChI=1S/2C7H17NO.Ni/c2*1-4-7(8-3)5-6(2)9;/h2*6-9H,4-5H2,1-3H3;. The Hall–Kier alpha value is 0.334. The fraction of sp³-hybridized carbons (Fsp3) is 1.00. The molecular formula is C14H34N2NiO2. The molecule has 0 aliphatic heterocycles. The van der Waals surface area contributed by atoms with E-state index in [0.717, 1.165) is 25.7 Å². The van der Waals surface area contributed by atoms with Gasteiger partial charge in [-0.15, -0.1) is 0 Å². The van der Waals surface area contributed by atoms with Crippen LogP contribution in [-0.4, -0.2) is 48.6 Å². The zero-order valence-electron chi connectivity index (χ0n) is 13.3. The third kappa shape index (κ3) is 18.3. The first kappa shape index (κ1) is 24.4. The molecule has 0 spiro atoms. The summed E-state index contributed by atoms with van der Waals surface area (Å²) in [6, 6.07) is 0.954. The first-order valence-corrected chi connectivity index (χ1v) is 7.11. The van der Waals surface area contributed by atoms with Crippen LogP contribution >= 0.6 is 0 Å². The molecule has 0 aliphatic carbocycles. The minimum absolute atomic E-state index is 0. The SMILES string of the molecule is CCC(CC(C)O)NC.CCC(CC(C)O)NC.[Ni]. The average Bonchev–Trinajstić information content (AvgIpc) is 2.33. The van der Waals surface area contributed by atoms with E-state index in [-0.39, 0.29) is 28.7 Å². The summed E-state index contributed by atoms with van der Waals surface area (Å²) in [4.78, 5) is 0. The van der Waals surface area contributed by atoms with Crippen LogP contribution in [0, 0.1) is 0 Å². The molecule has 5 heteroatoms. The monoisotopic (exact) mass is 320 g/mol. The van der Waals surface area contributed by atoms with Crippen molar-refractivity contribution in [2.45, 2.75) is 77.7 Å². The van der Waals surface area contributed by atoms with Crippen molar-refractivity contribution in [1.82, 2.24) is 10.6 Å². The second kappa shape index (κ2) is 16.4. The van der Waals surface area contributed by atoms with Gasteiger partial charge in [0.25, 0.3) is 0 Å². The van der Waals surface area contributed by atoms with E-state index in [2.05, 4.69) is 24.5 Å². The Morgan fingerprint density at radius 3 is 1.11 bits per heavy atom. The van der Waals surface area contributed by atoms with Crippen LogP contribution in [0.15, 0.2) is 0 Å². The number of aliphatic hydroxyl groups excluding tert-OH is 2. The Balaban J connectivity index is -0.000000256. The molecule has 0 heterocycles. The van der Waals surface area contributed by atoms with E-state index in [1.807, 2.05) is 27.9 Å². The number of aliphatic hydroxyl groups is 2. The topological polar surface area (TPSA) is 64.5 Å². The predicted octanol–water partition coefficient (Wildman–Crippen LogP) is 1.51. The van der Waals surface area contributed by atoms with Gasteiger partial charge in [-0.3, -0.25) is 0 Å². The van der Waals surface area contributed by atoms with Gasteiger partial charge in [-0.2, -0.15) is 0 Å². The molecule has 4 nitrogen and oxygen atoms in total. The van der Waals surface area contributed by atoms with Gasteiger partial charge >= 0.3 is 0 Å². The zero-order valence-corrected chi connectivity index (χ0v) is 14.3. The second-order valence-electron chi connectivity index (χ2n) is 4.96. The minimum atomic E-state index is -0.178. The number of hydrogen-bond donors (Lipinski definition) is 4. The van der Waals surface area contributed by atoms with Crippen LogP contribution in [0.2, 0.25) is 0 Å². The Labute approximate surface area is 129 Å². The van der Waals surface area contributed by atoms with E-state index in [0.29, 0.717) is 12.1 Å². The molecule has 0 saturated heterocycles. The largest absolute Gasteiger partial charge is 0.393 e. The van der Waals surface area contributed by atoms with Crippen LogP contribution in [-0.2, 0) is 16.5 Å². The third-order valence-electron chi connectivity index (χ3n) is 3.05. The van der Waals surface area contributed by atoms with Gasteiger partial charge in [-0.1, -0.05) is 13.8 Å². The molecule has 0 aromatic heterocycles. The number of nitrogens with one attached hydrogen (secondary N) is 2. The van der Waals surface area contributed by atoms with Crippen molar-refractivity contribution in [3.8, 4) is 0 Å². The van der Waals surface area contributed by atoms with Gasteiger partial charge in [0.1, 0.15) is 0 Å². The van der Waals surface area contributed by atoms with Crippen LogP contribution in [0.5, 0.6) is 0 Å². The summed E-state index contributed by atoms with van der Waals surface area (Å²) >= 11 is 0. The van der Waals surface area contributed by atoms with Crippen LogP contribution in [0.1, 0.15) is 53.4 Å². The maximum atomic E-state index is 8.94. The molecule has 4 unspecified atom stereocenters. The van der Waals surface area contributed by atoms with E-state index < -0.39 is 0 Å². The van der Waals surface area contributed by atoms with E-state index in [9.17, 15) is 0 Å². The first-order chi connectivity index (χ1) is 8.40. The fourth-order valence-electron chi connectivity index (χ4n) is 1.80. The van der Waals surface area contributed by atoms with Crippen molar-refractivity contribution in [3.63, 3.8) is 0 Å². The third-order valence-corrected chi connectivity index (χ3v) is 3.05. The van der Waals surface area contributed by atoms with Crippen molar-refractivity contribution in [1.29, 1.82) is 0 Å². The van der Waals surface area contributed by atoms with Gasteiger partial charge in [0.2, 0.25) is 0 Å². The van der Waals surface area contributed by atoms with Gasteiger partial charge in [0.05, 0.1) is 12.2 Å². The van der Waals surface area contributed by atoms with E-state index >= 15 is 0 Å². The smallest absolute Gasteiger partial charge is 0.0526 e. The Kier molecular flexibility index (Phi) is 21.0. The summed E-state index contributed by atoms with van der Waals surface area (Å²) in [6.07, 6.45) is 3.52. The molecule has 0 rings (SSSR count). The summed E-state index contributed by atoms with van der Waals surface area (Å²) in [7, 11) is 3.85.